The second kappa shape index (κ2) is 13.6. The predicted octanol–water partition coefficient (Wildman–Crippen LogP) is 16.3. The van der Waals surface area contributed by atoms with E-state index in [0.29, 0.717) is 0 Å². The van der Waals surface area contributed by atoms with E-state index >= 15 is 0 Å². The van der Waals surface area contributed by atoms with Crippen molar-refractivity contribution in [3.05, 3.63) is 218 Å². The fraction of sp³-hybridized carbons (Fsp3) is 0. The van der Waals surface area contributed by atoms with Crippen LogP contribution in [0, 0.1) is 0 Å². The first-order chi connectivity index (χ1) is 29.3. The highest BCUT2D eigenvalue weighted by atomic mass is 32.1. The number of thiophene rings is 1. The number of fused-ring (bicyclic) bond motifs is 10. The molecular formula is C56H36N2S. The van der Waals surface area contributed by atoms with Gasteiger partial charge < -0.3 is 9.47 Å². The van der Waals surface area contributed by atoms with Crippen LogP contribution in [0.4, 0.5) is 17.1 Å². The molecule has 2 aromatic heterocycles. The zero-order valence-corrected chi connectivity index (χ0v) is 32.9. The SMILES string of the molecule is c1ccc(-c2ccc(N(c3ccc(-c4ccc5c6ccc7ccccc7c6n(-c6ccccc6)c5c4)cc3)c3cccc4sc5c6ccccc6ccc5c34)cc2)cc1. The molecule has 0 amide bonds. The molecule has 0 aliphatic heterocycles. The number of aromatic nitrogens is 1. The molecule has 10 aromatic carbocycles. The Morgan fingerprint density at radius 1 is 0.373 bits per heavy atom. The van der Waals surface area contributed by atoms with Gasteiger partial charge in [0.25, 0.3) is 0 Å². The highest BCUT2D eigenvalue weighted by molar-refractivity contribution is 7.26. The van der Waals surface area contributed by atoms with Gasteiger partial charge in [-0.1, -0.05) is 164 Å². The van der Waals surface area contributed by atoms with Gasteiger partial charge in [-0.05, 0) is 93.0 Å². The van der Waals surface area contributed by atoms with Crippen molar-refractivity contribution < 1.29 is 0 Å². The molecule has 0 fully saturated rings. The van der Waals surface area contributed by atoms with Crippen molar-refractivity contribution in [2.45, 2.75) is 0 Å². The smallest absolute Gasteiger partial charge is 0.0619 e. The van der Waals surface area contributed by atoms with Crippen LogP contribution in [0.5, 0.6) is 0 Å². The van der Waals surface area contributed by atoms with Gasteiger partial charge >= 0.3 is 0 Å². The van der Waals surface area contributed by atoms with Crippen LogP contribution in [0.2, 0.25) is 0 Å². The van der Waals surface area contributed by atoms with E-state index in [0.717, 1.165) is 17.1 Å². The van der Waals surface area contributed by atoms with Crippen molar-refractivity contribution in [2.75, 3.05) is 4.90 Å². The maximum Gasteiger partial charge on any atom is 0.0619 e. The van der Waals surface area contributed by atoms with Crippen molar-refractivity contribution in [3.8, 4) is 27.9 Å². The van der Waals surface area contributed by atoms with Gasteiger partial charge in [-0.15, -0.1) is 11.3 Å². The van der Waals surface area contributed by atoms with Crippen LogP contribution in [-0.4, -0.2) is 4.57 Å². The average Bonchev–Trinajstić information content (AvgIpc) is 3.87. The Bertz CT molecular complexity index is 3530. The molecule has 3 heteroatoms. The zero-order chi connectivity index (χ0) is 38.9. The highest BCUT2D eigenvalue weighted by Gasteiger charge is 2.21. The lowest BCUT2D eigenvalue weighted by Crippen LogP contribution is -2.10. The number of hydrogen-bond donors (Lipinski definition) is 0. The third-order valence-electron chi connectivity index (χ3n) is 12.0. The first kappa shape index (κ1) is 33.7. The van der Waals surface area contributed by atoms with Crippen LogP contribution >= 0.6 is 11.3 Å². The van der Waals surface area contributed by atoms with Gasteiger partial charge in [-0.25, -0.2) is 0 Å². The molecule has 0 spiro atoms. The molecule has 2 nitrogen and oxygen atoms in total. The first-order valence-electron chi connectivity index (χ1n) is 20.2. The topological polar surface area (TPSA) is 8.17 Å². The summed E-state index contributed by atoms with van der Waals surface area (Å²) in [7, 11) is 0. The lowest BCUT2D eigenvalue weighted by molar-refractivity contribution is 1.19. The second-order valence-corrected chi connectivity index (χ2v) is 16.3. The summed E-state index contributed by atoms with van der Waals surface area (Å²) in [6.45, 7) is 0. The summed E-state index contributed by atoms with van der Waals surface area (Å²) >= 11 is 1.89. The van der Waals surface area contributed by atoms with E-state index in [4.69, 9.17) is 0 Å². The summed E-state index contributed by atoms with van der Waals surface area (Å²) in [5.74, 6) is 0. The molecule has 0 atom stereocenters. The minimum absolute atomic E-state index is 1.11. The third kappa shape index (κ3) is 5.47. The van der Waals surface area contributed by atoms with Gasteiger partial charge in [-0.2, -0.15) is 0 Å². The Kier molecular flexibility index (Phi) is 7.75. The van der Waals surface area contributed by atoms with Crippen molar-refractivity contribution in [2.24, 2.45) is 0 Å². The minimum Gasteiger partial charge on any atom is -0.310 e. The monoisotopic (exact) mass is 768 g/mol. The first-order valence-corrected chi connectivity index (χ1v) is 21.0. The van der Waals surface area contributed by atoms with E-state index < -0.39 is 0 Å². The summed E-state index contributed by atoms with van der Waals surface area (Å²) in [4.78, 5) is 2.43. The van der Waals surface area contributed by atoms with Gasteiger partial charge in [-0.3, -0.25) is 0 Å². The van der Waals surface area contributed by atoms with Crippen LogP contribution in [0.3, 0.4) is 0 Å². The standard InChI is InChI=1S/C56H36N2S/c1-3-12-37(13-4-1)38-22-29-44(30-23-38)57(51-20-11-21-53-54(51)50-35-27-41-15-8-10-19-47(41)56(50)59-53)45-31-24-39(25-32-45)42-28-33-48-49-34-26-40-14-7-9-18-46(40)55(49)58(52(48)36-42)43-16-5-2-6-17-43/h1-36H. The summed E-state index contributed by atoms with van der Waals surface area (Å²) in [6, 6.07) is 79.8. The van der Waals surface area contributed by atoms with Gasteiger partial charge in [0.05, 0.1) is 16.7 Å². The number of para-hydroxylation sites is 1. The molecule has 0 N–H and O–H groups in total. The van der Waals surface area contributed by atoms with E-state index in [1.54, 1.807) is 0 Å². The third-order valence-corrected chi connectivity index (χ3v) is 13.2. The normalized spacial score (nSPS) is 11.7. The summed E-state index contributed by atoms with van der Waals surface area (Å²) in [5, 5.41) is 10.2. The molecule has 59 heavy (non-hydrogen) atoms. The Morgan fingerprint density at radius 3 is 1.66 bits per heavy atom. The molecule has 12 aromatic rings. The van der Waals surface area contributed by atoms with Gasteiger partial charge in [0.15, 0.2) is 0 Å². The molecule has 12 rings (SSSR count). The number of hydrogen-bond acceptors (Lipinski definition) is 2. The number of benzene rings is 10. The molecule has 0 radical (unpaired) electrons. The Hall–Kier alpha value is -7.46. The molecule has 0 unspecified atom stereocenters. The fourth-order valence-corrected chi connectivity index (χ4v) is 10.4. The molecule has 0 saturated carbocycles. The van der Waals surface area contributed by atoms with Crippen LogP contribution in [-0.2, 0) is 0 Å². The quantitative estimate of drug-likeness (QED) is 0.164. The summed E-state index contributed by atoms with van der Waals surface area (Å²) in [6.07, 6.45) is 0. The van der Waals surface area contributed by atoms with Gasteiger partial charge in [0, 0.05) is 53.4 Å². The minimum atomic E-state index is 1.11. The van der Waals surface area contributed by atoms with Crippen LogP contribution in [0.1, 0.15) is 0 Å². The van der Waals surface area contributed by atoms with E-state index in [1.807, 2.05) is 11.3 Å². The lowest BCUT2D eigenvalue weighted by atomic mass is 10.0. The Morgan fingerprint density at radius 2 is 0.932 bits per heavy atom. The van der Waals surface area contributed by atoms with Crippen LogP contribution in [0.25, 0.3) is 91.5 Å². The maximum atomic E-state index is 2.45. The van der Waals surface area contributed by atoms with Crippen LogP contribution in [0.15, 0.2) is 218 Å². The zero-order valence-electron chi connectivity index (χ0n) is 32.1. The molecule has 0 bridgehead atoms. The second-order valence-electron chi connectivity index (χ2n) is 15.3. The van der Waals surface area contributed by atoms with E-state index in [1.165, 1.54) is 91.5 Å². The number of anilines is 3. The Balaban J connectivity index is 1.02. The fourth-order valence-electron chi connectivity index (χ4n) is 9.19. The van der Waals surface area contributed by atoms with Gasteiger partial charge in [0.2, 0.25) is 0 Å². The van der Waals surface area contributed by atoms with Crippen molar-refractivity contribution in [3.63, 3.8) is 0 Å². The van der Waals surface area contributed by atoms with E-state index in [-0.39, 0.29) is 0 Å². The molecule has 0 aliphatic carbocycles. The predicted molar refractivity (Wildman–Crippen MR) is 254 cm³/mol. The molecule has 276 valence electrons. The lowest BCUT2D eigenvalue weighted by Gasteiger charge is -2.27. The molecule has 0 saturated heterocycles. The summed E-state index contributed by atoms with van der Waals surface area (Å²) in [5.41, 5.74) is 11.8. The number of nitrogens with zero attached hydrogens (tertiary/aromatic N) is 2. The largest absolute Gasteiger partial charge is 0.310 e. The van der Waals surface area contributed by atoms with Gasteiger partial charge in [0.1, 0.15) is 0 Å². The maximum absolute atomic E-state index is 2.45. The molecular weight excluding hydrogens is 733 g/mol. The van der Waals surface area contributed by atoms with Crippen molar-refractivity contribution in [1.82, 2.24) is 4.57 Å². The molecule has 2 heterocycles. The van der Waals surface area contributed by atoms with E-state index in [9.17, 15) is 0 Å². The Labute approximate surface area is 346 Å². The molecule has 0 aliphatic rings. The highest BCUT2D eigenvalue weighted by Crippen LogP contribution is 2.47. The number of rotatable bonds is 6. The van der Waals surface area contributed by atoms with Crippen LogP contribution < -0.4 is 4.90 Å². The average molecular weight is 769 g/mol. The van der Waals surface area contributed by atoms with Crippen molar-refractivity contribution in [1.29, 1.82) is 0 Å². The summed E-state index contributed by atoms with van der Waals surface area (Å²) < 4.78 is 5.06. The van der Waals surface area contributed by atoms with E-state index in [2.05, 4.69) is 228 Å². The van der Waals surface area contributed by atoms with Crippen molar-refractivity contribution >= 4 is 91.9 Å².